The van der Waals surface area contributed by atoms with Gasteiger partial charge in [-0.3, -0.25) is 0 Å². The normalized spacial score (nSPS) is 12.9. The minimum atomic E-state index is 0.685. The van der Waals surface area contributed by atoms with Gasteiger partial charge in [-0.25, -0.2) is 0 Å². The smallest absolute Gasteiger partial charge is 0.00386 e. The second-order valence-electron chi connectivity index (χ2n) is 3.03. The van der Waals surface area contributed by atoms with Crippen LogP contribution in [0.2, 0.25) is 0 Å². The predicted molar refractivity (Wildman–Crippen MR) is 51.8 cm³/mol. The molecule has 0 aliphatic carbocycles. The van der Waals surface area contributed by atoms with Crippen molar-refractivity contribution >= 4 is 0 Å². The van der Waals surface area contributed by atoms with Crippen molar-refractivity contribution in [3.05, 3.63) is 12.7 Å². The van der Waals surface area contributed by atoms with Gasteiger partial charge in [-0.1, -0.05) is 19.4 Å². The van der Waals surface area contributed by atoms with E-state index >= 15 is 0 Å². The maximum atomic E-state index is 3.70. The van der Waals surface area contributed by atoms with Gasteiger partial charge in [-0.15, -0.1) is 6.58 Å². The van der Waals surface area contributed by atoms with Crippen molar-refractivity contribution in [1.82, 2.24) is 5.32 Å². The van der Waals surface area contributed by atoms with E-state index in [0.717, 1.165) is 6.54 Å². The van der Waals surface area contributed by atoms with Gasteiger partial charge in [0, 0.05) is 6.04 Å². The summed E-state index contributed by atoms with van der Waals surface area (Å²) in [6, 6.07) is 0.685. The summed E-state index contributed by atoms with van der Waals surface area (Å²) in [6.45, 7) is 9.18. The van der Waals surface area contributed by atoms with Crippen LogP contribution in [0.25, 0.3) is 0 Å². The highest BCUT2D eigenvalue weighted by molar-refractivity contribution is 4.67. The van der Waals surface area contributed by atoms with Gasteiger partial charge >= 0.3 is 0 Å². The van der Waals surface area contributed by atoms with Crippen molar-refractivity contribution in [3.8, 4) is 0 Å². The van der Waals surface area contributed by atoms with E-state index in [2.05, 4.69) is 25.7 Å². The fourth-order valence-electron chi connectivity index (χ4n) is 1.19. The lowest BCUT2D eigenvalue weighted by molar-refractivity contribution is 0.504. The summed E-state index contributed by atoms with van der Waals surface area (Å²) < 4.78 is 0. The first-order chi connectivity index (χ1) is 5.31. The minimum absolute atomic E-state index is 0.685. The van der Waals surface area contributed by atoms with Crippen LogP contribution >= 0.6 is 0 Å². The molecule has 0 bridgehead atoms. The summed E-state index contributed by atoms with van der Waals surface area (Å²) >= 11 is 0. The first-order valence-corrected chi connectivity index (χ1v) is 4.65. The summed E-state index contributed by atoms with van der Waals surface area (Å²) in [5.41, 5.74) is 0. The van der Waals surface area contributed by atoms with Crippen LogP contribution in [0.5, 0.6) is 0 Å². The van der Waals surface area contributed by atoms with Gasteiger partial charge in [0.15, 0.2) is 0 Å². The molecule has 0 spiro atoms. The third-order valence-corrected chi connectivity index (χ3v) is 1.85. The molecule has 0 aromatic rings. The van der Waals surface area contributed by atoms with Gasteiger partial charge in [0.2, 0.25) is 0 Å². The summed E-state index contributed by atoms with van der Waals surface area (Å²) in [7, 11) is 0. The molecule has 0 amide bonds. The molecule has 0 saturated heterocycles. The maximum absolute atomic E-state index is 3.70. The Labute approximate surface area is 70.9 Å². The summed E-state index contributed by atoms with van der Waals surface area (Å²) in [5, 5.41) is 3.40. The first kappa shape index (κ1) is 10.7. The number of unbranched alkanes of at least 4 members (excludes halogenated alkanes) is 2. The Morgan fingerprint density at radius 1 is 1.45 bits per heavy atom. The molecule has 0 radical (unpaired) electrons. The zero-order valence-corrected chi connectivity index (χ0v) is 7.90. The van der Waals surface area contributed by atoms with E-state index in [4.69, 9.17) is 0 Å². The number of hydrogen-bond donors (Lipinski definition) is 1. The molecule has 11 heavy (non-hydrogen) atoms. The molecule has 1 heteroatoms. The molecular formula is C10H21N. The summed E-state index contributed by atoms with van der Waals surface area (Å²) in [4.78, 5) is 0. The van der Waals surface area contributed by atoms with E-state index < -0.39 is 0 Å². The van der Waals surface area contributed by atoms with E-state index in [1.165, 1.54) is 25.7 Å². The molecule has 1 atom stereocenters. The van der Waals surface area contributed by atoms with Gasteiger partial charge in [-0.2, -0.15) is 0 Å². The number of nitrogens with one attached hydrogen (secondary N) is 1. The van der Waals surface area contributed by atoms with Gasteiger partial charge in [0.05, 0.1) is 0 Å². The molecule has 66 valence electrons. The lowest BCUT2D eigenvalue weighted by Gasteiger charge is -2.10. The van der Waals surface area contributed by atoms with Gasteiger partial charge in [-0.05, 0) is 32.7 Å². The SMILES string of the molecule is C=CCCCCC(C)NCC. The van der Waals surface area contributed by atoms with Crippen LogP contribution in [0.3, 0.4) is 0 Å². The van der Waals surface area contributed by atoms with Gasteiger partial charge < -0.3 is 5.32 Å². The summed E-state index contributed by atoms with van der Waals surface area (Å²) in [6.07, 6.45) is 7.07. The van der Waals surface area contributed by atoms with Crippen LogP contribution in [-0.2, 0) is 0 Å². The van der Waals surface area contributed by atoms with E-state index in [0.29, 0.717) is 6.04 Å². The highest BCUT2D eigenvalue weighted by Gasteiger charge is 1.97. The third kappa shape index (κ3) is 7.60. The van der Waals surface area contributed by atoms with Crippen LogP contribution in [0.1, 0.15) is 39.5 Å². The molecule has 0 heterocycles. The Hall–Kier alpha value is -0.300. The Kier molecular flexibility index (Phi) is 7.59. The molecule has 1 nitrogen and oxygen atoms in total. The fraction of sp³-hybridized carbons (Fsp3) is 0.800. The van der Waals surface area contributed by atoms with Crippen LogP contribution < -0.4 is 5.32 Å². The van der Waals surface area contributed by atoms with Crippen LogP contribution in [0, 0.1) is 0 Å². The third-order valence-electron chi connectivity index (χ3n) is 1.85. The number of hydrogen-bond acceptors (Lipinski definition) is 1. The first-order valence-electron chi connectivity index (χ1n) is 4.65. The Balaban J connectivity index is 3.03. The topological polar surface area (TPSA) is 12.0 Å². The van der Waals surface area contributed by atoms with E-state index in [9.17, 15) is 0 Å². The Morgan fingerprint density at radius 2 is 2.18 bits per heavy atom. The van der Waals surface area contributed by atoms with Crippen LogP contribution in [-0.4, -0.2) is 12.6 Å². The molecule has 0 aromatic heterocycles. The molecule has 0 saturated carbocycles. The number of allylic oxidation sites excluding steroid dienone is 1. The largest absolute Gasteiger partial charge is 0.315 e. The molecule has 0 aliphatic rings. The number of rotatable bonds is 7. The molecule has 0 rings (SSSR count). The molecular weight excluding hydrogens is 134 g/mol. The van der Waals surface area contributed by atoms with Crippen molar-refractivity contribution in [2.75, 3.05) is 6.54 Å². The quantitative estimate of drug-likeness (QED) is 0.440. The molecule has 0 aromatic carbocycles. The minimum Gasteiger partial charge on any atom is -0.315 e. The lowest BCUT2D eigenvalue weighted by atomic mass is 10.1. The standard InChI is InChI=1S/C10H21N/c1-4-6-7-8-9-10(3)11-5-2/h4,10-11H,1,5-9H2,2-3H3. The van der Waals surface area contributed by atoms with Crippen LogP contribution in [0.15, 0.2) is 12.7 Å². The fourth-order valence-corrected chi connectivity index (χ4v) is 1.19. The Bertz CT molecular complexity index is 88.9. The maximum Gasteiger partial charge on any atom is 0.00386 e. The van der Waals surface area contributed by atoms with Crippen molar-refractivity contribution < 1.29 is 0 Å². The predicted octanol–water partition coefficient (Wildman–Crippen LogP) is 2.73. The average Bonchev–Trinajstić information content (AvgIpc) is 1.99. The Morgan fingerprint density at radius 3 is 2.73 bits per heavy atom. The monoisotopic (exact) mass is 155 g/mol. The van der Waals surface area contributed by atoms with Gasteiger partial charge in [0.25, 0.3) is 0 Å². The highest BCUT2D eigenvalue weighted by atomic mass is 14.9. The van der Waals surface area contributed by atoms with E-state index in [-0.39, 0.29) is 0 Å². The average molecular weight is 155 g/mol. The molecule has 1 N–H and O–H groups in total. The molecule has 0 aliphatic heterocycles. The summed E-state index contributed by atoms with van der Waals surface area (Å²) in [5.74, 6) is 0. The van der Waals surface area contributed by atoms with Crippen molar-refractivity contribution in [3.63, 3.8) is 0 Å². The zero-order chi connectivity index (χ0) is 8.53. The van der Waals surface area contributed by atoms with Crippen molar-refractivity contribution in [2.24, 2.45) is 0 Å². The highest BCUT2D eigenvalue weighted by Crippen LogP contribution is 2.02. The molecule has 1 unspecified atom stereocenters. The van der Waals surface area contributed by atoms with Crippen LogP contribution in [0.4, 0.5) is 0 Å². The zero-order valence-electron chi connectivity index (χ0n) is 7.90. The van der Waals surface area contributed by atoms with Crippen molar-refractivity contribution in [2.45, 2.75) is 45.6 Å². The van der Waals surface area contributed by atoms with E-state index in [1.54, 1.807) is 0 Å². The lowest BCUT2D eigenvalue weighted by Crippen LogP contribution is -2.25. The van der Waals surface area contributed by atoms with E-state index in [1.807, 2.05) is 6.08 Å². The molecule has 0 fully saturated rings. The second kappa shape index (κ2) is 7.80. The van der Waals surface area contributed by atoms with Gasteiger partial charge in [0.1, 0.15) is 0 Å². The van der Waals surface area contributed by atoms with Crippen molar-refractivity contribution in [1.29, 1.82) is 0 Å². The second-order valence-corrected chi connectivity index (χ2v) is 3.03.